The van der Waals surface area contributed by atoms with Crippen molar-refractivity contribution in [3.05, 3.63) is 47.5 Å². The first-order valence-electron chi connectivity index (χ1n) is 9.33. The molecule has 0 radical (unpaired) electrons. The molecule has 0 amide bonds. The van der Waals surface area contributed by atoms with Crippen molar-refractivity contribution in [2.75, 3.05) is 35.0 Å². The number of carbonyl (C=O) groups is 1. The number of rotatable bonds is 7. The van der Waals surface area contributed by atoms with E-state index in [4.69, 9.17) is 18.9 Å². The summed E-state index contributed by atoms with van der Waals surface area (Å²) in [6.07, 6.45) is 0.358. The minimum Gasteiger partial charge on any atom is -0.497 e. The predicted octanol–water partition coefficient (Wildman–Crippen LogP) is 2.56. The van der Waals surface area contributed by atoms with Gasteiger partial charge in [0.1, 0.15) is 5.75 Å². The number of benzene rings is 2. The van der Waals surface area contributed by atoms with Crippen molar-refractivity contribution in [2.24, 2.45) is 0 Å². The van der Waals surface area contributed by atoms with Crippen molar-refractivity contribution in [2.45, 2.75) is 23.8 Å². The van der Waals surface area contributed by atoms with Crippen LogP contribution in [-0.4, -0.2) is 53.7 Å². The Morgan fingerprint density at radius 3 is 2.20 bits per heavy atom. The molecule has 0 saturated heterocycles. The maximum absolute atomic E-state index is 13.4. The van der Waals surface area contributed by atoms with Gasteiger partial charge in [0.25, 0.3) is 0 Å². The molecular formula is C21H25NO7S. The van der Waals surface area contributed by atoms with Crippen LogP contribution in [0, 0.1) is 0 Å². The molecule has 1 heterocycles. The van der Waals surface area contributed by atoms with Gasteiger partial charge in [-0.15, -0.1) is 0 Å². The number of sulfonamides is 1. The van der Waals surface area contributed by atoms with Crippen molar-refractivity contribution in [3.8, 4) is 17.2 Å². The minimum absolute atomic E-state index is 0.117. The smallest absolute Gasteiger partial charge is 0.307 e. The Hall–Kier alpha value is -2.78. The first kappa shape index (κ1) is 21.9. The molecular weight excluding hydrogens is 410 g/mol. The van der Waals surface area contributed by atoms with Crippen LogP contribution in [0.4, 0.5) is 0 Å². The fraction of sp³-hybridized carbons (Fsp3) is 0.381. The normalized spacial score (nSPS) is 16.5. The van der Waals surface area contributed by atoms with E-state index >= 15 is 0 Å². The molecule has 0 fully saturated rings. The lowest BCUT2D eigenvalue weighted by Crippen LogP contribution is -2.41. The van der Waals surface area contributed by atoms with E-state index in [9.17, 15) is 13.2 Å². The van der Waals surface area contributed by atoms with E-state index in [2.05, 4.69) is 0 Å². The van der Waals surface area contributed by atoms with E-state index in [1.54, 1.807) is 25.3 Å². The molecule has 8 nitrogen and oxygen atoms in total. The number of fused-ring (bicyclic) bond motifs is 1. The monoisotopic (exact) mass is 435 g/mol. The summed E-state index contributed by atoms with van der Waals surface area (Å²) in [6.45, 7) is 0.221. The van der Waals surface area contributed by atoms with Crippen LogP contribution < -0.4 is 14.2 Å². The highest BCUT2D eigenvalue weighted by Gasteiger charge is 2.38. The van der Waals surface area contributed by atoms with Crippen LogP contribution in [0.1, 0.15) is 23.6 Å². The van der Waals surface area contributed by atoms with Gasteiger partial charge in [-0.05, 0) is 53.9 Å². The van der Waals surface area contributed by atoms with Gasteiger partial charge in [-0.3, -0.25) is 4.79 Å². The number of hydrogen-bond acceptors (Lipinski definition) is 7. The van der Waals surface area contributed by atoms with Crippen LogP contribution in [0.5, 0.6) is 17.2 Å². The third kappa shape index (κ3) is 4.08. The molecule has 0 aliphatic carbocycles. The Kier molecular flexibility index (Phi) is 6.52. The van der Waals surface area contributed by atoms with Crippen LogP contribution >= 0.6 is 0 Å². The highest BCUT2D eigenvalue weighted by atomic mass is 32.2. The molecule has 1 aliphatic rings. The average Bonchev–Trinajstić information content (AvgIpc) is 2.77. The summed E-state index contributed by atoms with van der Waals surface area (Å²) < 4.78 is 48.9. The summed E-state index contributed by atoms with van der Waals surface area (Å²) >= 11 is 0. The SMILES string of the molecule is COC(=O)C[C@H]1c2cc(OC)c(OC)cc2CCN1S(=O)(=O)c1ccc(OC)cc1. The number of carbonyl (C=O) groups excluding carboxylic acids is 1. The number of ether oxygens (including phenoxy) is 4. The molecule has 1 aliphatic heterocycles. The van der Waals surface area contributed by atoms with E-state index in [-0.39, 0.29) is 17.9 Å². The molecule has 0 spiro atoms. The van der Waals surface area contributed by atoms with E-state index < -0.39 is 22.0 Å². The summed E-state index contributed by atoms with van der Waals surface area (Å²) in [5, 5.41) is 0. The van der Waals surface area contributed by atoms with Gasteiger partial charge in [-0.2, -0.15) is 4.31 Å². The van der Waals surface area contributed by atoms with Crippen molar-refractivity contribution >= 4 is 16.0 Å². The van der Waals surface area contributed by atoms with Crippen LogP contribution in [0.3, 0.4) is 0 Å². The average molecular weight is 435 g/mol. The topological polar surface area (TPSA) is 91.4 Å². The van der Waals surface area contributed by atoms with Crippen molar-refractivity contribution < 1.29 is 32.2 Å². The van der Waals surface area contributed by atoms with Gasteiger partial charge < -0.3 is 18.9 Å². The second kappa shape index (κ2) is 8.93. The zero-order valence-corrected chi connectivity index (χ0v) is 18.2. The van der Waals surface area contributed by atoms with E-state index in [0.29, 0.717) is 29.2 Å². The molecule has 2 aromatic carbocycles. The van der Waals surface area contributed by atoms with Gasteiger partial charge >= 0.3 is 5.97 Å². The van der Waals surface area contributed by atoms with Gasteiger partial charge in [0, 0.05) is 6.54 Å². The second-order valence-electron chi connectivity index (χ2n) is 6.74. The maximum Gasteiger partial charge on any atom is 0.307 e. The Bertz CT molecular complexity index is 1020. The van der Waals surface area contributed by atoms with E-state index in [1.807, 2.05) is 6.07 Å². The highest BCUT2D eigenvalue weighted by molar-refractivity contribution is 7.89. The van der Waals surface area contributed by atoms with Crippen molar-refractivity contribution in [1.29, 1.82) is 0 Å². The standard InChI is InChI=1S/C21H25NO7S/c1-26-15-5-7-16(8-6-15)30(24,25)22-10-9-14-11-19(27-2)20(28-3)12-17(14)18(22)13-21(23)29-4/h5-8,11-12,18H,9-10,13H2,1-4H3/t18-/m0/s1. The maximum atomic E-state index is 13.4. The first-order chi connectivity index (χ1) is 14.3. The van der Waals surface area contributed by atoms with Gasteiger partial charge in [-0.1, -0.05) is 0 Å². The second-order valence-corrected chi connectivity index (χ2v) is 8.63. The Morgan fingerprint density at radius 1 is 1.00 bits per heavy atom. The fourth-order valence-corrected chi connectivity index (χ4v) is 5.23. The van der Waals surface area contributed by atoms with Gasteiger partial charge in [0.15, 0.2) is 11.5 Å². The molecule has 1 atom stereocenters. The number of esters is 1. The molecule has 0 bridgehead atoms. The van der Waals surface area contributed by atoms with Gasteiger partial charge in [0.05, 0.1) is 45.8 Å². The summed E-state index contributed by atoms with van der Waals surface area (Å²) in [6, 6.07) is 9.00. The Morgan fingerprint density at radius 2 is 1.63 bits per heavy atom. The molecule has 162 valence electrons. The van der Waals surface area contributed by atoms with Crippen LogP contribution in [0.25, 0.3) is 0 Å². The lowest BCUT2D eigenvalue weighted by molar-refractivity contribution is -0.141. The molecule has 0 saturated carbocycles. The lowest BCUT2D eigenvalue weighted by atomic mass is 9.91. The van der Waals surface area contributed by atoms with Gasteiger partial charge in [-0.25, -0.2) is 8.42 Å². The zero-order valence-electron chi connectivity index (χ0n) is 17.4. The van der Waals surface area contributed by atoms with Crippen LogP contribution in [0.15, 0.2) is 41.3 Å². The zero-order chi connectivity index (χ0) is 21.9. The first-order valence-corrected chi connectivity index (χ1v) is 10.8. The molecule has 2 aromatic rings. The summed E-state index contributed by atoms with van der Waals surface area (Å²) in [5.74, 6) is 1.08. The molecule has 0 N–H and O–H groups in total. The number of methoxy groups -OCH3 is 4. The summed E-state index contributed by atoms with van der Waals surface area (Å²) in [5.41, 5.74) is 1.60. The Labute approximate surface area is 176 Å². The molecule has 0 aromatic heterocycles. The van der Waals surface area contributed by atoms with Crippen molar-refractivity contribution in [3.63, 3.8) is 0 Å². The summed E-state index contributed by atoms with van der Waals surface area (Å²) in [7, 11) is 1.97. The lowest BCUT2D eigenvalue weighted by Gasteiger charge is -2.36. The molecule has 0 unspecified atom stereocenters. The molecule has 3 rings (SSSR count). The third-order valence-electron chi connectivity index (χ3n) is 5.21. The van der Waals surface area contributed by atoms with Crippen molar-refractivity contribution in [1.82, 2.24) is 4.31 Å². The fourth-order valence-electron chi connectivity index (χ4n) is 3.63. The van der Waals surface area contributed by atoms with Gasteiger partial charge in [0.2, 0.25) is 10.0 Å². The quantitative estimate of drug-likeness (QED) is 0.617. The number of nitrogens with zero attached hydrogens (tertiary/aromatic N) is 1. The number of hydrogen-bond donors (Lipinski definition) is 0. The highest BCUT2D eigenvalue weighted by Crippen LogP contribution is 2.41. The van der Waals surface area contributed by atoms with Crippen LogP contribution in [-0.2, 0) is 26.0 Å². The summed E-state index contributed by atoms with van der Waals surface area (Å²) in [4.78, 5) is 12.3. The minimum atomic E-state index is -3.87. The Balaban J connectivity index is 2.09. The molecule has 9 heteroatoms. The third-order valence-corrected chi connectivity index (χ3v) is 7.13. The van der Waals surface area contributed by atoms with Crippen LogP contribution in [0.2, 0.25) is 0 Å². The molecule has 30 heavy (non-hydrogen) atoms. The van der Waals surface area contributed by atoms with E-state index in [0.717, 1.165) is 5.56 Å². The predicted molar refractivity (Wildman–Crippen MR) is 110 cm³/mol. The largest absolute Gasteiger partial charge is 0.497 e. The van der Waals surface area contributed by atoms with E-state index in [1.165, 1.54) is 37.8 Å².